The molecule has 3 rings (SSSR count). The number of H-pyrrole nitrogens is 1. The van der Waals surface area contributed by atoms with Gasteiger partial charge in [-0.15, -0.1) is 0 Å². The second kappa shape index (κ2) is 9.22. The number of hydrogen-bond acceptors (Lipinski definition) is 10. The molecule has 0 aromatic carbocycles. The number of phosphoric acid groups is 2. The zero-order valence-corrected chi connectivity index (χ0v) is 19.8. The van der Waals surface area contributed by atoms with Gasteiger partial charge in [0.2, 0.25) is 0 Å². The predicted octanol–water partition coefficient (Wildman–Crippen LogP) is -1.65. The third-order valence-corrected chi connectivity index (χ3v) is 6.35. The molecule has 0 amide bonds. The second-order valence-electron chi connectivity index (χ2n) is 5.54. The predicted molar refractivity (Wildman–Crippen MR) is 96.4 cm³/mol. The van der Waals surface area contributed by atoms with Crippen molar-refractivity contribution in [1.82, 2.24) is 19.5 Å². The van der Waals surface area contributed by atoms with Crippen molar-refractivity contribution in [3.05, 3.63) is 21.4 Å². The van der Waals surface area contributed by atoms with Gasteiger partial charge in [-0.2, -0.15) is 4.31 Å². The van der Waals surface area contributed by atoms with Crippen LogP contribution in [0.4, 0.5) is 0 Å². The molecule has 5 atom stereocenters. The van der Waals surface area contributed by atoms with E-state index in [2.05, 4.69) is 39.7 Å². The molecule has 2 aromatic rings. The van der Waals surface area contributed by atoms with Crippen molar-refractivity contribution < 1.29 is 47.6 Å². The van der Waals surface area contributed by atoms with Crippen LogP contribution in [0.15, 0.2) is 15.9 Å². The number of ether oxygens (including phenoxy) is 1. The van der Waals surface area contributed by atoms with Gasteiger partial charge in [-0.1, -0.05) is 0 Å². The van der Waals surface area contributed by atoms with Crippen molar-refractivity contribution in [3.8, 4) is 0 Å². The van der Waals surface area contributed by atoms with E-state index in [1.807, 2.05) is 0 Å². The number of imidazole rings is 1. The number of nitrogens with zero attached hydrogens (tertiary/aromatic N) is 3. The number of nitrogens with one attached hydrogen (secondary N) is 1. The standard InChI is InChI=1S/C10H13BrN4O11P2.Na/c11-10-14-4-7(12-2-13-8(4)18)15(10)9-6(17)5(16)3(25-9)1-24-28(22,23)26-27(19,20)21;/h2-3,5-6,9,16-17H,1H2,(H,22,23)(H,12,13,18)(H2,19,20,21);. The largest absolute Gasteiger partial charge is 0.481 e. The molecule has 0 spiro atoms. The fourth-order valence-corrected chi connectivity index (χ4v) is 4.67. The van der Waals surface area contributed by atoms with Crippen LogP contribution in [0, 0.1) is 0 Å². The molecule has 1 saturated heterocycles. The minimum atomic E-state index is -5.32. The number of aromatic nitrogens is 4. The Morgan fingerprint density at radius 1 is 1.28 bits per heavy atom. The monoisotopic (exact) mass is 529 g/mol. The molecule has 1 fully saturated rings. The van der Waals surface area contributed by atoms with Gasteiger partial charge in [-0.25, -0.2) is 19.1 Å². The van der Waals surface area contributed by atoms with E-state index in [9.17, 15) is 29.0 Å². The number of hydrogen-bond donors (Lipinski definition) is 6. The minimum absolute atomic E-state index is 0. The van der Waals surface area contributed by atoms with Gasteiger partial charge in [0, 0.05) is 29.6 Å². The van der Waals surface area contributed by atoms with Crippen LogP contribution in [-0.2, 0) is 22.7 Å². The smallest absolute Gasteiger partial charge is 0.387 e. The Bertz CT molecular complexity index is 1040. The molecule has 0 bridgehead atoms. The fraction of sp³-hybridized carbons (Fsp3) is 0.500. The van der Waals surface area contributed by atoms with E-state index < -0.39 is 52.4 Å². The number of fused-ring (bicyclic) bond motifs is 1. The molecule has 2 aromatic heterocycles. The van der Waals surface area contributed by atoms with Gasteiger partial charge in [0.1, 0.15) is 18.3 Å². The van der Waals surface area contributed by atoms with Crippen LogP contribution in [0.5, 0.6) is 0 Å². The van der Waals surface area contributed by atoms with Crippen molar-refractivity contribution in [2.24, 2.45) is 0 Å². The van der Waals surface area contributed by atoms with Gasteiger partial charge in [0.05, 0.1) is 12.9 Å². The summed E-state index contributed by atoms with van der Waals surface area (Å²) in [5, 5.41) is 20.4. The first-order chi connectivity index (χ1) is 12.9. The van der Waals surface area contributed by atoms with Crippen LogP contribution in [0.2, 0.25) is 0 Å². The molecular weight excluding hydrogens is 517 g/mol. The SMILES string of the molecule is O=c1[nH]cnc2c1nc(Br)n2C1OC(COP(=O)(O)OP(=O)(O)O)C(O)C1O.[Na]. The van der Waals surface area contributed by atoms with Crippen molar-refractivity contribution in [3.63, 3.8) is 0 Å². The van der Waals surface area contributed by atoms with Crippen molar-refractivity contribution in [2.75, 3.05) is 6.61 Å². The summed E-state index contributed by atoms with van der Waals surface area (Å²) in [5.41, 5.74) is -0.617. The maximum atomic E-state index is 11.8. The van der Waals surface area contributed by atoms with Crippen LogP contribution >= 0.6 is 31.6 Å². The summed E-state index contributed by atoms with van der Waals surface area (Å²) in [6.45, 7) is -0.860. The first-order valence-electron chi connectivity index (χ1n) is 7.26. The van der Waals surface area contributed by atoms with Crippen LogP contribution < -0.4 is 5.56 Å². The van der Waals surface area contributed by atoms with E-state index in [-0.39, 0.29) is 45.5 Å². The molecule has 157 valence electrons. The Morgan fingerprint density at radius 3 is 2.55 bits per heavy atom. The Morgan fingerprint density at radius 2 is 1.93 bits per heavy atom. The van der Waals surface area contributed by atoms with Gasteiger partial charge in [0.15, 0.2) is 22.1 Å². The molecule has 3 heterocycles. The fourth-order valence-electron chi connectivity index (χ4n) is 2.52. The summed E-state index contributed by atoms with van der Waals surface area (Å²) >= 11 is 3.09. The Balaban J connectivity index is 0.00000300. The molecule has 0 saturated carbocycles. The van der Waals surface area contributed by atoms with Crippen LogP contribution in [0.1, 0.15) is 6.23 Å². The van der Waals surface area contributed by atoms with Crippen LogP contribution in [0.25, 0.3) is 11.2 Å². The van der Waals surface area contributed by atoms with Gasteiger partial charge >= 0.3 is 15.6 Å². The van der Waals surface area contributed by atoms with E-state index in [1.54, 1.807) is 0 Å². The Hall–Kier alpha value is -0.0300. The number of phosphoric ester groups is 1. The topological polar surface area (TPSA) is 227 Å². The average Bonchev–Trinajstić information content (AvgIpc) is 3.02. The number of rotatable bonds is 6. The molecule has 1 aliphatic rings. The zero-order valence-electron chi connectivity index (χ0n) is 14.4. The number of aliphatic hydroxyl groups excluding tert-OH is 2. The van der Waals surface area contributed by atoms with Gasteiger partial charge < -0.3 is 34.6 Å². The van der Waals surface area contributed by atoms with Crippen LogP contribution in [-0.4, -0.2) is 98.9 Å². The minimum Gasteiger partial charge on any atom is -0.387 e. The summed E-state index contributed by atoms with van der Waals surface area (Å²) in [4.78, 5) is 48.4. The molecule has 1 radical (unpaired) electrons. The third kappa shape index (κ3) is 5.61. The maximum absolute atomic E-state index is 11.8. The van der Waals surface area contributed by atoms with Gasteiger partial charge in [-0.05, 0) is 15.9 Å². The quantitative estimate of drug-likeness (QED) is 0.140. The summed E-state index contributed by atoms with van der Waals surface area (Å²) < 4.78 is 36.8. The summed E-state index contributed by atoms with van der Waals surface area (Å²) in [5.74, 6) is 0. The Labute approximate surface area is 191 Å². The maximum Gasteiger partial charge on any atom is 0.481 e. The molecule has 6 N–H and O–H groups in total. The third-order valence-electron chi connectivity index (χ3n) is 3.64. The molecule has 1 aliphatic heterocycles. The normalized spacial score (nSPS) is 27.0. The van der Waals surface area contributed by atoms with E-state index in [4.69, 9.17) is 14.5 Å². The van der Waals surface area contributed by atoms with Crippen molar-refractivity contribution in [2.45, 2.75) is 24.5 Å². The van der Waals surface area contributed by atoms with Crippen LogP contribution in [0.3, 0.4) is 0 Å². The first kappa shape index (κ1) is 25.2. The van der Waals surface area contributed by atoms with E-state index in [1.165, 1.54) is 4.57 Å². The summed E-state index contributed by atoms with van der Waals surface area (Å²) in [6.07, 6.45) is -4.85. The van der Waals surface area contributed by atoms with E-state index in [0.717, 1.165) is 6.33 Å². The molecule has 0 aliphatic carbocycles. The Kier molecular flexibility index (Phi) is 8.02. The van der Waals surface area contributed by atoms with Crippen molar-refractivity contribution in [1.29, 1.82) is 0 Å². The molecule has 15 nitrogen and oxygen atoms in total. The number of halogens is 1. The number of aliphatic hydroxyl groups is 2. The molecule has 29 heavy (non-hydrogen) atoms. The van der Waals surface area contributed by atoms with E-state index in [0.29, 0.717) is 0 Å². The van der Waals surface area contributed by atoms with Gasteiger partial charge in [-0.3, -0.25) is 13.9 Å². The zero-order chi connectivity index (χ0) is 20.9. The van der Waals surface area contributed by atoms with Crippen molar-refractivity contribution >= 4 is 72.3 Å². The average molecular weight is 530 g/mol. The summed E-state index contributed by atoms with van der Waals surface area (Å²) in [7, 11) is -10.5. The van der Waals surface area contributed by atoms with Gasteiger partial charge in [0.25, 0.3) is 5.56 Å². The number of aromatic amines is 1. The molecule has 5 unspecified atom stereocenters. The molecule has 19 heteroatoms. The summed E-state index contributed by atoms with van der Waals surface area (Å²) in [6, 6.07) is 0. The first-order valence-corrected chi connectivity index (χ1v) is 11.1. The van der Waals surface area contributed by atoms with E-state index >= 15 is 0 Å². The second-order valence-corrected chi connectivity index (χ2v) is 9.08. The molecular formula is C10H13BrN4NaO11P2.